The lowest BCUT2D eigenvalue weighted by Crippen LogP contribution is -2.42. The van der Waals surface area contributed by atoms with Gasteiger partial charge in [-0.3, -0.25) is 4.79 Å². The molecule has 3 nitrogen and oxygen atoms in total. The van der Waals surface area contributed by atoms with Crippen LogP contribution >= 0.6 is 11.6 Å². The van der Waals surface area contributed by atoms with E-state index < -0.39 is 5.41 Å². The summed E-state index contributed by atoms with van der Waals surface area (Å²) in [4.78, 5) is 15.1. The minimum absolute atomic E-state index is 0.0671. The molecule has 0 saturated heterocycles. The van der Waals surface area contributed by atoms with E-state index in [9.17, 15) is 4.79 Å². The monoisotopic (exact) mass is 380 g/mol. The van der Waals surface area contributed by atoms with Crippen LogP contribution in [0.3, 0.4) is 0 Å². The van der Waals surface area contributed by atoms with Gasteiger partial charge in [-0.05, 0) is 42.7 Å². The number of hydrogen-bond acceptors (Lipinski definition) is 2. The number of anilines is 1. The number of amides is 1. The molecule has 27 heavy (non-hydrogen) atoms. The summed E-state index contributed by atoms with van der Waals surface area (Å²) in [5.41, 5.74) is 2.64. The average molecular weight is 381 g/mol. The van der Waals surface area contributed by atoms with Crippen LogP contribution in [-0.2, 0) is 10.2 Å². The van der Waals surface area contributed by atoms with Gasteiger partial charge in [-0.2, -0.15) is 0 Å². The molecule has 0 heterocycles. The lowest BCUT2D eigenvalue weighted by atomic mass is 9.78. The van der Waals surface area contributed by atoms with Gasteiger partial charge < -0.3 is 10.2 Å². The Morgan fingerprint density at radius 3 is 2.44 bits per heavy atom. The zero-order valence-electron chi connectivity index (χ0n) is 15.9. The molecule has 140 valence electrons. The van der Waals surface area contributed by atoms with Crippen molar-refractivity contribution in [3.63, 3.8) is 0 Å². The molecule has 0 bridgehead atoms. The Bertz CT molecular complexity index is 856. The van der Waals surface area contributed by atoms with E-state index in [1.807, 2.05) is 67.5 Å². The molecule has 2 aromatic rings. The van der Waals surface area contributed by atoms with Gasteiger partial charge in [0.1, 0.15) is 0 Å². The van der Waals surface area contributed by atoms with E-state index in [0.29, 0.717) is 11.6 Å². The Morgan fingerprint density at radius 1 is 1.11 bits per heavy atom. The first-order valence-corrected chi connectivity index (χ1v) is 9.70. The topological polar surface area (TPSA) is 32.3 Å². The van der Waals surface area contributed by atoms with Gasteiger partial charge in [0, 0.05) is 24.7 Å². The fourth-order valence-corrected chi connectivity index (χ4v) is 3.92. The number of para-hydroxylation sites is 1. The molecule has 0 aromatic heterocycles. The fraction of sp³-hybridized carbons (Fsp3) is 0.348. The van der Waals surface area contributed by atoms with E-state index in [0.717, 1.165) is 42.5 Å². The molecular formula is C23H25ClN2O. The van der Waals surface area contributed by atoms with Crippen LogP contribution in [0.2, 0.25) is 5.02 Å². The van der Waals surface area contributed by atoms with Crippen LogP contribution in [-0.4, -0.2) is 26.5 Å². The van der Waals surface area contributed by atoms with Crippen molar-refractivity contribution >= 4 is 23.2 Å². The van der Waals surface area contributed by atoms with Crippen molar-refractivity contribution in [1.29, 1.82) is 0 Å². The zero-order chi connectivity index (χ0) is 19.3. The van der Waals surface area contributed by atoms with Gasteiger partial charge in [-0.1, -0.05) is 60.5 Å². The van der Waals surface area contributed by atoms with Gasteiger partial charge in [0.25, 0.3) is 0 Å². The van der Waals surface area contributed by atoms with E-state index in [1.54, 1.807) is 0 Å². The second kappa shape index (κ2) is 8.50. The number of nitrogens with zero attached hydrogens (tertiary/aromatic N) is 1. The first-order valence-electron chi connectivity index (χ1n) is 9.32. The molecule has 0 spiro atoms. The van der Waals surface area contributed by atoms with E-state index in [2.05, 4.69) is 17.2 Å². The van der Waals surface area contributed by atoms with E-state index in [4.69, 9.17) is 11.6 Å². The van der Waals surface area contributed by atoms with Gasteiger partial charge >= 0.3 is 0 Å². The van der Waals surface area contributed by atoms with Crippen LogP contribution in [0.25, 0.3) is 0 Å². The van der Waals surface area contributed by atoms with Crippen LogP contribution in [0.5, 0.6) is 0 Å². The van der Waals surface area contributed by atoms with Crippen molar-refractivity contribution in [2.45, 2.75) is 31.1 Å². The van der Waals surface area contributed by atoms with Crippen molar-refractivity contribution in [2.24, 2.45) is 0 Å². The molecule has 0 unspecified atom stereocenters. The van der Waals surface area contributed by atoms with Crippen LogP contribution in [0.1, 0.15) is 36.8 Å². The maximum Gasteiger partial charge on any atom is 0.231 e. The van der Waals surface area contributed by atoms with Crippen molar-refractivity contribution in [3.8, 4) is 11.8 Å². The molecule has 1 saturated carbocycles. The first kappa shape index (κ1) is 19.3. The van der Waals surface area contributed by atoms with Crippen LogP contribution in [0.15, 0.2) is 48.5 Å². The third-order valence-electron chi connectivity index (χ3n) is 5.23. The maximum atomic E-state index is 13.0. The SMILES string of the molecule is CN(C)c1ccccc1C#CCNC(=O)C1(c2ccc(Cl)cc2)CCCC1. The Balaban J connectivity index is 1.71. The predicted molar refractivity (Wildman–Crippen MR) is 112 cm³/mol. The summed E-state index contributed by atoms with van der Waals surface area (Å²) >= 11 is 6.02. The highest BCUT2D eigenvalue weighted by Gasteiger charge is 2.42. The molecule has 4 heteroatoms. The molecule has 3 rings (SSSR count). The van der Waals surface area contributed by atoms with Crippen molar-refractivity contribution < 1.29 is 4.79 Å². The largest absolute Gasteiger partial charge is 0.377 e. The molecule has 1 amide bonds. The summed E-state index contributed by atoms with van der Waals surface area (Å²) in [6.45, 7) is 0.343. The van der Waals surface area contributed by atoms with E-state index in [-0.39, 0.29) is 5.91 Å². The number of nitrogens with one attached hydrogen (secondary N) is 1. The van der Waals surface area contributed by atoms with Crippen LogP contribution < -0.4 is 10.2 Å². The molecular weight excluding hydrogens is 356 g/mol. The number of benzene rings is 2. The Kier molecular flexibility index (Phi) is 6.08. The van der Waals surface area contributed by atoms with Crippen molar-refractivity contribution in [1.82, 2.24) is 5.32 Å². The molecule has 2 aromatic carbocycles. The van der Waals surface area contributed by atoms with Crippen LogP contribution in [0, 0.1) is 11.8 Å². The lowest BCUT2D eigenvalue weighted by Gasteiger charge is -2.28. The third-order valence-corrected chi connectivity index (χ3v) is 5.49. The van der Waals surface area contributed by atoms with Crippen molar-refractivity contribution in [2.75, 3.05) is 25.5 Å². The summed E-state index contributed by atoms with van der Waals surface area (Å²) in [6, 6.07) is 15.7. The molecule has 1 N–H and O–H groups in total. The minimum Gasteiger partial charge on any atom is -0.377 e. The maximum absolute atomic E-state index is 13.0. The zero-order valence-corrected chi connectivity index (χ0v) is 16.6. The standard InChI is InChI=1S/C23H25ClN2O/c1-26(2)21-10-4-3-8-18(21)9-7-17-25-22(27)23(15-5-6-16-23)19-11-13-20(24)14-12-19/h3-4,8,10-14H,5-6,15-17H2,1-2H3,(H,25,27). The summed E-state index contributed by atoms with van der Waals surface area (Å²) in [7, 11) is 4.00. The summed E-state index contributed by atoms with van der Waals surface area (Å²) in [5.74, 6) is 6.34. The summed E-state index contributed by atoms with van der Waals surface area (Å²) in [6.07, 6.45) is 3.88. The van der Waals surface area contributed by atoms with Gasteiger partial charge in [-0.15, -0.1) is 0 Å². The van der Waals surface area contributed by atoms with Gasteiger partial charge in [0.2, 0.25) is 5.91 Å². The summed E-state index contributed by atoms with van der Waals surface area (Å²) < 4.78 is 0. The number of carbonyl (C=O) groups is 1. The Hall–Kier alpha value is -2.44. The quantitative estimate of drug-likeness (QED) is 0.798. The fourth-order valence-electron chi connectivity index (χ4n) is 3.80. The average Bonchev–Trinajstić information content (AvgIpc) is 3.17. The van der Waals surface area contributed by atoms with E-state index >= 15 is 0 Å². The number of rotatable bonds is 4. The second-order valence-electron chi connectivity index (χ2n) is 7.19. The highest BCUT2D eigenvalue weighted by atomic mass is 35.5. The van der Waals surface area contributed by atoms with Crippen LogP contribution in [0.4, 0.5) is 5.69 Å². The first-order chi connectivity index (χ1) is 13.0. The normalized spacial score (nSPS) is 14.9. The predicted octanol–water partition coefficient (Wildman–Crippen LogP) is 4.39. The van der Waals surface area contributed by atoms with Gasteiger partial charge in [0.15, 0.2) is 0 Å². The third kappa shape index (κ3) is 4.28. The number of carbonyl (C=O) groups excluding carboxylic acids is 1. The smallest absolute Gasteiger partial charge is 0.231 e. The van der Waals surface area contributed by atoms with Crippen molar-refractivity contribution in [3.05, 3.63) is 64.7 Å². The van der Waals surface area contributed by atoms with E-state index in [1.165, 1.54) is 0 Å². The Labute approximate surface area is 166 Å². The van der Waals surface area contributed by atoms with Gasteiger partial charge in [0.05, 0.1) is 17.6 Å². The molecule has 1 aliphatic carbocycles. The number of halogens is 1. The van der Waals surface area contributed by atoms with Gasteiger partial charge in [-0.25, -0.2) is 0 Å². The molecule has 0 aliphatic heterocycles. The number of hydrogen-bond donors (Lipinski definition) is 1. The highest BCUT2D eigenvalue weighted by molar-refractivity contribution is 6.30. The molecule has 1 aliphatic rings. The minimum atomic E-state index is -0.451. The lowest BCUT2D eigenvalue weighted by molar-refractivity contribution is -0.126. The Morgan fingerprint density at radius 2 is 1.78 bits per heavy atom. The molecule has 0 radical (unpaired) electrons. The molecule has 1 fully saturated rings. The highest BCUT2D eigenvalue weighted by Crippen LogP contribution is 2.41. The summed E-state index contributed by atoms with van der Waals surface area (Å²) in [5, 5.41) is 3.73. The molecule has 0 atom stereocenters. The second-order valence-corrected chi connectivity index (χ2v) is 7.63.